The Hall–Kier alpha value is -2.66. The lowest BCUT2D eigenvalue weighted by Crippen LogP contribution is -2.47. The number of benzene rings is 3. The summed E-state index contributed by atoms with van der Waals surface area (Å²) in [6.45, 7) is 2.69. The van der Waals surface area contributed by atoms with Crippen LogP contribution in [0.4, 0.5) is 5.69 Å². The first kappa shape index (κ1) is 19.3. The number of β-amino-alcohol motifs (C(OH)–C–C–N with tert-alkyl or cyclic N) is 2. The number of rotatable bonds is 3. The van der Waals surface area contributed by atoms with Gasteiger partial charge in [-0.3, -0.25) is 0 Å². The zero-order valence-corrected chi connectivity index (χ0v) is 17.1. The average Bonchev–Trinajstić information content (AvgIpc) is 2.80. The van der Waals surface area contributed by atoms with Crippen LogP contribution in [0, 0.1) is 0 Å². The number of nitrogens with zero attached hydrogens (tertiary/aromatic N) is 1. The molecule has 4 nitrogen and oxygen atoms in total. The summed E-state index contributed by atoms with van der Waals surface area (Å²) in [5.74, 6) is 0. The number of anilines is 1. The summed E-state index contributed by atoms with van der Waals surface area (Å²) >= 11 is 0. The fourth-order valence-corrected chi connectivity index (χ4v) is 4.99. The van der Waals surface area contributed by atoms with Crippen LogP contribution in [0.15, 0.2) is 78.9 Å². The molecule has 0 aliphatic carbocycles. The van der Waals surface area contributed by atoms with Gasteiger partial charge in [-0.05, 0) is 47.2 Å². The second-order valence-corrected chi connectivity index (χ2v) is 8.59. The Balaban J connectivity index is 1.50. The first-order chi connectivity index (χ1) is 14.6. The maximum absolute atomic E-state index is 11.7. The number of piperidine rings is 1. The first-order valence-corrected chi connectivity index (χ1v) is 10.7. The average molecular weight is 401 g/mol. The van der Waals surface area contributed by atoms with E-state index < -0.39 is 11.2 Å². The molecule has 2 heterocycles. The van der Waals surface area contributed by atoms with Gasteiger partial charge < -0.3 is 20.4 Å². The fraction of sp³-hybridized carbons (Fsp3) is 0.308. The van der Waals surface area contributed by atoms with Crippen molar-refractivity contribution in [2.24, 2.45) is 0 Å². The molecule has 4 heteroatoms. The monoisotopic (exact) mass is 400 g/mol. The fourth-order valence-electron chi connectivity index (χ4n) is 4.99. The van der Waals surface area contributed by atoms with E-state index in [1.165, 1.54) is 0 Å². The Kier molecular flexibility index (Phi) is 4.86. The van der Waals surface area contributed by atoms with Gasteiger partial charge in [0.1, 0.15) is 11.2 Å². The van der Waals surface area contributed by atoms with E-state index in [4.69, 9.17) is 0 Å². The van der Waals surface area contributed by atoms with Gasteiger partial charge in [-0.2, -0.15) is 0 Å². The van der Waals surface area contributed by atoms with Crippen LogP contribution in [-0.2, 0) is 17.7 Å². The van der Waals surface area contributed by atoms with Gasteiger partial charge in [0.25, 0.3) is 0 Å². The summed E-state index contributed by atoms with van der Waals surface area (Å²) in [5.41, 5.74) is 3.08. The highest BCUT2D eigenvalue weighted by Gasteiger charge is 2.38. The summed E-state index contributed by atoms with van der Waals surface area (Å²) in [5, 5.41) is 26.4. The summed E-state index contributed by atoms with van der Waals surface area (Å²) in [4.78, 5) is 2.25. The molecule has 0 aromatic heterocycles. The van der Waals surface area contributed by atoms with E-state index in [2.05, 4.69) is 28.4 Å². The topological polar surface area (TPSA) is 55.7 Å². The van der Waals surface area contributed by atoms with Crippen molar-refractivity contribution >= 4 is 5.69 Å². The maximum Gasteiger partial charge on any atom is 0.127 e. The smallest absolute Gasteiger partial charge is 0.127 e. The molecule has 1 saturated heterocycles. The third-order valence-corrected chi connectivity index (χ3v) is 6.63. The van der Waals surface area contributed by atoms with Crippen LogP contribution in [0.1, 0.15) is 35.1 Å². The minimum absolute atomic E-state index is 0.488. The van der Waals surface area contributed by atoms with Crippen LogP contribution in [-0.4, -0.2) is 29.8 Å². The molecule has 2 atom stereocenters. The van der Waals surface area contributed by atoms with Crippen molar-refractivity contribution in [3.05, 3.63) is 101 Å². The van der Waals surface area contributed by atoms with Gasteiger partial charge >= 0.3 is 0 Å². The van der Waals surface area contributed by atoms with Gasteiger partial charge in [-0.15, -0.1) is 0 Å². The molecule has 0 amide bonds. The van der Waals surface area contributed by atoms with E-state index in [-0.39, 0.29) is 0 Å². The van der Waals surface area contributed by atoms with Gasteiger partial charge in [0.2, 0.25) is 0 Å². The van der Waals surface area contributed by atoms with Gasteiger partial charge in [-0.1, -0.05) is 66.7 Å². The number of nitrogens with one attached hydrogen (secondary N) is 1. The van der Waals surface area contributed by atoms with Crippen molar-refractivity contribution in [2.75, 3.05) is 24.5 Å². The molecule has 0 spiro atoms. The van der Waals surface area contributed by atoms with Gasteiger partial charge in [0, 0.05) is 25.3 Å². The second kappa shape index (κ2) is 7.55. The minimum Gasteiger partial charge on any atom is -0.383 e. The molecule has 30 heavy (non-hydrogen) atoms. The highest BCUT2D eigenvalue weighted by Crippen LogP contribution is 2.39. The van der Waals surface area contributed by atoms with E-state index in [0.29, 0.717) is 13.1 Å². The summed E-state index contributed by atoms with van der Waals surface area (Å²) in [7, 11) is 0. The largest absolute Gasteiger partial charge is 0.383 e. The number of hydrogen-bond donors (Lipinski definition) is 3. The summed E-state index contributed by atoms with van der Waals surface area (Å²) < 4.78 is 0. The molecule has 0 saturated carbocycles. The molecule has 0 bridgehead atoms. The van der Waals surface area contributed by atoms with Crippen LogP contribution < -0.4 is 10.2 Å². The quantitative estimate of drug-likeness (QED) is 0.630. The van der Waals surface area contributed by atoms with Crippen LogP contribution >= 0.6 is 0 Å². The van der Waals surface area contributed by atoms with Gasteiger partial charge in [-0.25, -0.2) is 0 Å². The predicted octanol–water partition coefficient (Wildman–Crippen LogP) is 3.51. The molecule has 0 unspecified atom stereocenters. The zero-order valence-electron chi connectivity index (χ0n) is 17.1. The highest BCUT2D eigenvalue weighted by atomic mass is 16.3. The molecule has 0 radical (unpaired) electrons. The van der Waals surface area contributed by atoms with E-state index in [1.54, 1.807) is 0 Å². The van der Waals surface area contributed by atoms with Crippen LogP contribution in [0.3, 0.4) is 0 Å². The van der Waals surface area contributed by atoms with Gasteiger partial charge in [0.15, 0.2) is 0 Å². The van der Waals surface area contributed by atoms with Gasteiger partial charge in [0.05, 0.1) is 6.54 Å². The Morgan fingerprint density at radius 2 is 1.53 bits per heavy atom. The van der Waals surface area contributed by atoms with Crippen LogP contribution in [0.2, 0.25) is 0 Å². The second-order valence-electron chi connectivity index (χ2n) is 8.59. The highest BCUT2D eigenvalue weighted by molar-refractivity contribution is 5.56. The van der Waals surface area contributed by atoms with Crippen molar-refractivity contribution in [1.29, 1.82) is 0 Å². The predicted molar refractivity (Wildman–Crippen MR) is 119 cm³/mol. The van der Waals surface area contributed by atoms with Crippen molar-refractivity contribution < 1.29 is 10.2 Å². The van der Waals surface area contributed by atoms with Crippen molar-refractivity contribution in [3.8, 4) is 0 Å². The lowest BCUT2D eigenvalue weighted by Gasteiger charge is -2.42. The molecule has 2 aliphatic heterocycles. The van der Waals surface area contributed by atoms with Crippen LogP contribution in [0.5, 0.6) is 0 Å². The first-order valence-electron chi connectivity index (χ1n) is 10.7. The number of aliphatic hydroxyl groups is 2. The minimum atomic E-state index is -1.06. The lowest BCUT2D eigenvalue weighted by molar-refractivity contribution is 0.0219. The molecule has 2 aliphatic rings. The number of fused-ring (bicyclic) bond motifs is 1. The summed E-state index contributed by atoms with van der Waals surface area (Å²) in [6, 6.07) is 26.2. The van der Waals surface area contributed by atoms with Crippen molar-refractivity contribution in [1.82, 2.24) is 5.32 Å². The standard InChI is InChI=1S/C26H28N2O2/c29-25(21-8-3-1-4-9-21)14-7-15-28(19-25)23-13-12-20-17-27-18-26(30,24(20)16-23)22-10-5-2-6-11-22/h1-6,8-13,16,27,29-30H,7,14-15,17-19H2/t25-,26-/m0/s1. The van der Waals surface area contributed by atoms with E-state index >= 15 is 0 Å². The Labute approximate surface area is 177 Å². The van der Waals surface area contributed by atoms with Crippen molar-refractivity contribution in [3.63, 3.8) is 0 Å². The maximum atomic E-state index is 11.7. The van der Waals surface area contributed by atoms with Crippen LogP contribution in [0.25, 0.3) is 0 Å². The van der Waals surface area contributed by atoms with Crippen molar-refractivity contribution in [2.45, 2.75) is 30.6 Å². The Morgan fingerprint density at radius 1 is 0.833 bits per heavy atom. The third kappa shape index (κ3) is 3.31. The molecule has 3 N–H and O–H groups in total. The lowest BCUT2D eigenvalue weighted by atomic mass is 9.80. The van der Waals surface area contributed by atoms with E-state index in [0.717, 1.165) is 53.9 Å². The number of hydrogen-bond acceptors (Lipinski definition) is 4. The van der Waals surface area contributed by atoms with E-state index in [9.17, 15) is 10.2 Å². The molecule has 5 rings (SSSR count). The molecule has 3 aromatic carbocycles. The SMILES string of the molecule is O[C@@]1(c2ccccc2)CCCN(c2ccc3c(c2)[C@@](O)(c2ccccc2)CNC3)C1. The molecule has 154 valence electrons. The molecule has 3 aromatic rings. The van der Waals surface area contributed by atoms with E-state index in [1.807, 2.05) is 60.7 Å². The normalized spacial score (nSPS) is 26.3. The Bertz CT molecular complexity index is 1020. The third-order valence-electron chi connectivity index (χ3n) is 6.63. The molecular weight excluding hydrogens is 372 g/mol. The Morgan fingerprint density at radius 3 is 2.27 bits per heavy atom. The zero-order chi connectivity index (χ0) is 20.6. The summed E-state index contributed by atoms with van der Waals surface area (Å²) in [6.07, 6.45) is 1.68. The molecular formula is C26H28N2O2. The molecule has 1 fully saturated rings.